The lowest BCUT2D eigenvalue weighted by Crippen LogP contribution is -2.44. The number of fused-ring (bicyclic) bond motifs is 1. The van der Waals surface area contributed by atoms with E-state index >= 15 is 0 Å². The zero-order valence-corrected chi connectivity index (χ0v) is 18.2. The topological polar surface area (TPSA) is 71.0 Å². The third-order valence-corrected chi connectivity index (χ3v) is 6.37. The van der Waals surface area contributed by atoms with Crippen molar-refractivity contribution in [2.24, 2.45) is 0 Å². The van der Waals surface area contributed by atoms with E-state index in [1.807, 2.05) is 12.1 Å². The number of halogens is 1. The SMILES string of the molecule is O=C(NC1CCN(Cc2cccc3nsnc23)CC1)c1ccc(-c2cccc(F)c2)nc1. The number of hydrogen-bond acceptors (Lipinski definition) is 6. The number of hydrogen-bond donors (Lipinski definition) is 1. The first-order valence-electron chi connectivity index (χ1n) is 10.6. The van der Waals surface area contributed by atoms with Gasteiger partial charge in [-0.2, -0.15) is 8.75 Å². The third kappa shape index (κ3) is 4.51. The molecule has 5 rings (SSSR count). The molecule has 0 bridgehead atoms. The summed E-state index contributed by atoms with van der Waals surface area (Å²) in [6, 6.07) is 16.0. The maximum atomic E-state index is 13.4. The van der Waals surface area contributed by atoms with E-state index in [1.54, 1.807) is 30.5 Å². The summed E-state index contributed by atoms with van der Waals surface area (Å²) < 4.78 is 22.2. The molecule has 2 aromatic carbocycles. The highest BCUT2D eigenvalue weighted by molar-refractivity contribution is 7.00. The molecule has 0 atom stereocenters. The van der Waals surface area contributed by atoms with E-state index in [0.717, 1.165) is 43.5 Å². The van der Waals surface area contributed by atoms with Crippen LogP contribution >= 0.6 is 11.7 Å². The number of carbonyl (C=O) groups is 1. The first-order chi connectivity index (χ1) is 15.7. The summed E-state index contributed by atoms with van der Waals surface area (Å²) in [5.41, 5.74) is 4.97. The first-order valence-corrected chi connectivity index (χ1v) is 11.3. The van der Waals surface area contributed by atoms with Crippen molar-refractivity contribution in [3.05, 3.63) is 77.7 Å². The average Bonchev–Trinajstić information content (AvgIpc) is 3.30. The van der Waals surface area contributed by atoms with Gasteiger partial charge in [-0.15, -0.1) is 0 Å². The molecule has 162 valence electrons. The Labute approximate surface area is 189 Å². The zero-order chi connectivity index (χ0) is 21.9. The number of nitrogens with one attached hydrogen (secondary N) is 1. The van der Waals surface area contributed by atoms with Crippen molar-refractivity contribution in [2.75, 3.05) is 13.1 Å². The van der Waals surface area contributed by atoms with E-state index in [1.165, 1.54) is 29.4 Å². The summed E-state index contributed by atoms with van der Waals surface area (Å²) in [4.78, 5) is 19.4. The van der Waals surface area contributed by atoms with Gasteiger partial charge < -0.3 is 5.32 Å². The van der Waals surface area contributed by atoms with Gasteiger partial charge >= 0.3 is 0 Å². The number of carbonyl (C=O) groups excluding carboxylic acids is 1. The average molecular weight is 448 g/mol. The molecule has 0 unspecified atom stereocenters. The second-order valence-electron chi connectivity index (χ2n) is 8.02. The van der Waals surface area contributed by atoms with Crippen LogP contribution in [0.2, 0.25) is 0 Å². The molecule has 6 nitrogen and oxygen atoms in total. The van der Waals surface area contributed by atoms with Gasteiger partial charge in [-0.3, -0.25) is 14.7 Å². The Balaban J connectivity index is 1.15. The van der Waals surface area contributed by atoms with Crippen molar-refractivity contribution >= 4 is 28.7 Å². The Morgan fingerprint density at radius 2 is 1.94 bits per heavy atom. The maximum absolute atomic E-state index is 13.4. The smallest absolute Gasteiger partial charge is 0.253 e. The van der Waals surface area contributed by atoms with E-state index in [-0.39, 0.29) is 17.8 Å². The fourth-order valence-corrected chi connectivity index (χ4v) is 4.65. The number of benzene rings is 2. The van der Waals surface area contributed by atoms with Crippen LogP contribution in [0.3, 0.4) is 0 Å². The molecule has 2 aromatic heterocycles. The summed E-state index contributed by atoms with van der Waals surface area (Å²) in [6.45, 7) is 2.67. The van der Waals surface area contributed by atoms with Crippen LogP contribution in [0.4, 0.5) is 4.39 Å². The minimum atomic E-state index is -0.308. The van der Waals surface area contributed by atoms with Gasteiger partial charge in [0.05, 0.1) is 23.0 Å². The van der Waals surface area contributed by atoms with E-state index in [9.17, 15) is 9.18 Å². The van der Waals surface area contributed by atoms with Gasteiger partial charge in [0.15, 0.2) is 0 Å². The lowest BCUT2D eigenvalue weighted by Gasteiger charge is -2.32. The lowest BCUT2D eigenvalue weighted by atomic mass is 10.0. The van der Waals surface area contributed by atoms with Crippen molar-refractivity contribution in [1.29, 1.82) is 0 Å². The van der Waals surface area contributed by atoms with E-state index in [4.69, 9.17) is 0 Å². The van der Waals surface area contributed by atoms with Gasteiger partial charge in [0.2, 0.25) is 0 Å². The molecular formula is C24H22FN5OS. The quantitative estimate of drug-likeness (QED) is 0.494. The molecule has 1 fully saturated rings. The molecule has 0 saturated carbocycles. The Morgan fingerprint density at radius 1 is 1.09 bits per heavy atom. The Hall–Kier alpha value is -3.23. The standard InChI is InChI=1S/C24H22FN5OS/c25-19-5-1-3-16(13-19)21-8-7-17(14-26-21)24(31)27-20-9-11-30(12-10-20)15-18-4-2-6-22-23(18)29-32-28-22/h1-8,13-14,20H,9-12,15H2,(H,27,31). The molecule has 8 heteroatoms. The number of likely N-dealkylation sites (tertiary alicyclic amines) is 1. The summed E-state index contributed by atoms with van der Waals surface area (Å²) in [7, 11) is 0. The number of nitrogens with zero attached hydrogens (tertiary/aromatic N) is 4. The molecule has 1 N–H and O–H groups in total. The number of piperidine rings is 1. The molecular weight excluding hydrogens is 425 g/mol. The zero-order valence-electron chi connectivity index (χ0n) is 17.4. The maximum Gasteiger partial charge on any atom is 0.253 e. The largest absolute Gasteiger partial charge is 0.349 e. The minimum Gasteiger partial charge on any atom is -0.349 e. The molecule has 0 radical (unpaired) electrons. The number of aromatic nitrogens is 3. The highest BCUT2D eigenvalue weighted by Gasteiger charge is 2.22. The highest BCUT2D eigenvalue weighted by atomic mass is 32.1. The van der Waals surface area contributed by atoms with Crippen LogP contribution in [0.15, 0.2) is 60.8 Å². The normalized spacial score (nSPS) is 15.2. The lowest BCUT2D eigenvalue weighted by molar-refractivity contribution is 0.0908. The van der Waals surface area contributed by atoms with Crippen LogP contribution in [0.5, 0.6) is 0 Å². The van der Waals surface area contributed by atoms with Crippen LogP contribution in [0, 0.1) is 5.82 Å². The molecule has 32 heavy (non-hydrogen) atoms. The van der Waals surface area contributed by atoms with E-state index < -0.39 is 0 Å². The van der Waals surface area contributed by atoms with Crippen LogP contribution in [0.25, 0.3) is 22.3 Å². The molecule has 4 aromatic rings. The highest BCUT2D eigenvalue weighted by Crippen LogP contribution is 2.21. The van der Waals surface area contributed by atoms with Gasteiger partial charge in [0.25, 0.3) is 5.91 Å². The summed E-state index contributed by atoms with van der Waals surface area (Å²) in [6.07, 6.45) is 3.34. The van der Waals surface area contributed by atoms with Crippen molar-refractivity contribution < 1.29 is 9.18 Å². The fraction of sp³-hybridized carbons (Fsp3) is 0.250. The second-order valence-corrected chi connectivity index (χ2v) is 8.54. The predicted molar refractivity (Wildman–Crippen MR) is 123 cm³/mol. The van der Waals surface area contributed by atoms with Crippen LogP contribution in [0.1, 0.15) is 28.8 Å². The van der Waals surface area contributed by atoms with E-state index in [0.29, 0.717) is 16.8 Å². The van der Waals surface area contributed by atoms with Gasteiger partial charge in [-0.25, -0.2) is 4.39 Å². The summed E-state index contributed by atoms with van der Waals surface area (Å²) >= 11 is 1.25. The fourth-order valence-electron chi connectivity index (χ4n) is 4.08. The van der Waals surface area contributed by atoms with Gasteiger partial charge in [-0.05, 0) is 48.7 Å². The van der Waals surface area contributed by atoms with Gasteiger partial charge in [0, 0.05) is 37.4 Å². The van der Waals surface area contributed by atoms with E-state index in [2.05, 4.69) is 30.0 Å². The summed E-state index contributed by atoms with van der Waals surface area (Å²) in [5.74, 6) is -0.433. The van der Waals surface area contributed by atoms with Crippen molar-refractivity contribution in [1.82, 2.24) is 23.9 Å². The Kier molecular flexibility index (Phi) is 5.87. The molecule has 3 heterocycles. The molecule has 1 aliphatic heterocycles. The summed E-state index contributed by atoms with van der Waals surface area (Å²) in [5, 5.41) is 3.13. The number of rotatable bonds is 5. The van der Waals surface area contributed by atoms with Crippen molar-refractivity contribution in [2.45, 2.75) is 25.4 Å². The molecule has 1 aliphatic rings. The van der Waals surface area contributed by atoms with Crippen LogP contribution < -0.4 is 5.32 Å². The molecule has 1 amide bonds. The van der Waals surface area contributed by atoms with Gasteiger partial charge in [-0.1, -0.05) is 24.3 Å². The third-order valence-electron chi connectivity index (χ3n) is 5.83. The van der Waals surface area contributed by atoms with Crippen molar-refractivity contribution in [3.63, 3.8) is 0 Å². The first kappa shape index (κ1) is 20.7. The second kappa shape index (κ2) is 9.10. The predicted octanol–water partition coefficient (Wildman–Crippen LogP) is 4.29. The van der Waals surface area contributed by atoms with Crippen LogP contribution in [-0.2, 0) is 6.54 Å². The van der Waals surface area contributed by atoms with Crippen LogP contribution in [-0.4, -0.2) is 43.7 Å². The Morgan fingerprint density at radius 3 is 2.72 bits per heavy atom. The monoisotopic (exact) mass is 447 g/mol. The molecule has 1 saturated heterocycles. The molecule has 0 spiro atoms. The number of pyridine rings is 1. The molecule has 0 aliphatic carbocycles. The number of amides is 1. The van der Waals surface area contributed by atoms with Crippen molar-refractivity contribution in [3.8, 4) is 11.3 Å². The van der Waals surface area contributed by atoms with Gasteiger partial charge in [0.1, 0.15) is 16.9 Å². The minimum absolute atomic E-state index is 0.125. The Bertz CT molecular complexity index is 1230.